The van der Waals surface area contributed by atoms with Crippen molar-refractivity contribution >= 4 is 35.1 Å². The average Bonchev–Trinajstić information content (AvgIpc) is 2.63. The van der Waals surface area contributed by atoms with E-state index in [2.05, 4.69) is 31.3 Å². The molecule has 1 amide bonds. The molecule has 2 aromatic carbocycles. The van der Waals surface area contributed by atoms with E-state index in [0.29, 0.717) is 21.5 Å². The van der Waals surface area contributed by atoms with Gasteiger partial charge in [-0.3, -0.25) is 9.59 Å². The first-order valence-electron chi connectivity index (χ1n) is 9.23. The van der Waals surface area contributed by atoms with E-state index in [4.69, 9.17) is 27.9 Å². The Hall–Kier alpha value is -2.04. The molecular weight excluding hydrogens is 397 g/mol. The van der Waals surface area contributed by atoms with Crippen LogP contribution < -0.4 is 5.32 Å². The predicted molar refractivity (Wildman–Crippen MR) is 113 cm³/mol. The van der Waals surface area contributed by atoms with Gasteiger partial charge in [0.05, 0.1) is 12.5 Å². The quantitative estimate of drug-likeness (QED) is 0.599. The van der Waals surface area contributed by atoms with Gasteiger partial charge in [-0.2, -0.15) is 0 Å². The van der Waals surface area contributed by atoms with Crippen LogP contribution in [-0.2, 0) is 27.2 Å². The fraction of sp³-hybridized carbons (Fsp3) is 0.364. The Kier molecular flexibility index (Phi) is 8.34. The maximum atomic E-state index is 12.1. The molecule has 2 aromatic rings. The summed E-state index contributed by atoms with van der Waals surface area (Å²) in [6, 6.07) is 13.0. The van der Waals surface area contributed by atoms with Gasteiger partial charge in [0.1, 0.15) is 0 Å². The molecule has 0 unspecified atom stereocenters. The van der Waals surface area contributed by atoms with Crippen molar-refractivity contribution in [3.05, 3.63) is 69.2 Å². The van der Waals surface area contributed by atoms with Crippen LogP contribution in [0, 0.1) is 5.92 Å². The van der Waals surface area contributed by atoms with Crippen molar-refractivity contribution in [3.8, 4) is 0 Å². The third kappa shape index (κ3) is 6.84. The summed E-state index contributed by atoms with van der Waals surface area (Å²) in [5, 5.41) is 3.61. The molecule has 4 nitrogen and oxygen atoms in total. The molecule has 1 atom stereocenters. The van der Waals surface area contributed by atoms with Crippen molar-refractivity contribution in [1.82, 2.24) is 5.32 Å². The summed E-state index contributed by atoms with van der Waals surface area (Å²) < 4.78 is 5.05. The molecule has 0 aromatic heterocycles. The Bertz CT molecular complexity index is 799. The maximum Gasteiger partial charge on any atom is 0.310 e. The molecule has 0 aliphatic carbocycles. The number of nitrogens with one attached hydrogen (secondary N) is 1. The highest BCUT2D eigenvalue weighted by molar-refractivity contribution is 6.36. The normalized spacial score (nSPS) is 11.9. The Labute approximate surface area is 176 Å². The van der Waals surface area contributed by atoms with E-state index < -0.39 is 5.97 Å². The molecule has 0 saturated carbocycles. The van der Waals surface area contributed by atoms with Crippen LogP contribution in [0.1, 0.15) is 43.5 Å². The summed E-state index contributed by atoms with van der Waals surface area (Å²) in [6.45, 7) is 5.90. The largest absolute Gasteiger partial charge is 0.455 e. The maximum absolute atomic E-state index is 12.1. The third-order valence-corrected chi connectivity index (χ3v) is 4.96. The van der Waals surface area contributed by atoms with Gasteiger partial charge in [0.25, 0.3) is 5.91 Å². The lowest BCUT2D eigenvalue weighted by molar-refractivity contribution is -0.148. The summed E-state index contributed by atoms with van der Waals surface area (Å²) in [4.78, 5) is 24.1. The number of carbonyl (C=O) groups excluding carboxylic acids is 2. The second-order valence-corrected chi connectivity index (χ2v) is 7.98. The number of benzene rings is 2. The molecule has 150 valence electrons. The molecule has 0 radical (unpaired) electrons. The van der Waals surface area contributed by atoms with E-state index >= 15 is 0 Å². The Morgan fingerprint density at radius 1 is 1.00 bits per heavy atom. The lowest BCUT2D eigenvalue weighted by atomic mass is 10.00. The molecule has 0 aliphatic heterocycles. The lowest BCUT2D eigenvalue weighted by Gasteiger charge is -2.15. The van der Waals surface area contributed by atoms with Crippen LogP contribution >= 0.6 is 23.2 Å². The van der Waals surface area contributed by atoms with Crippen LogP contribution in [0.2, 0.25) is 10.0 Å². The van der Waals surface area contributed by atoms with Crippen LogP contribution in [0.3, 0.4) is 0 Å². The van der Waals surface area contributed by atoms with Gasteiger partial charge < -0.3 is 10.1 Å². The minimum absolute atomic E-state index is 0.0847. The third-order valence-electron chi connectivity index (χ3n) is 4.25. The molecule has 0 aliphatic rings. The number of amides is 1. The molecule has 0 spiro atoms. The van der Waals surface area contributed by atoms with E-state index in [9.17, 15) is 9.59 Å². The van der Waals surface area contributed by atoms with Crippen molar-refractivity contribution in [2.24, 2.45) is 5.92 Å². The Morgan fingerprint density at radius 3 is 2.18 bits per heavy atom. The summed E-state index contributed by atoms with van der Waals surface area (Å²) in [7, 11) is 0. The van der Waals surface area contributed by atoms with E-state index in [1.807, 2.05) is 19.1 Å². The van der Waals surface area contributed by atoms with Crippen LogP contribution in [0.15, 0.2) is 42.5 Å². The van der Waals surface area contributed by atoms with E-state index in [1.165, 1.54) is 5.56 Å². The number of esters is 1. The van der Waals surface area contributed by atoms with Crippen molar-refractivity contribution in [3.63, 3.8) is 0 Å². The van der Waals surface area contributed by atoms with Crippen LogP contribution in [0.25, 0.3) is 0 Å². The number of halogens is 2. The number of hydrogen-bond donors (Lipinski definition) is 1. The fourth-order valence-corrected chi connectivity index (χ4v) is 3.35. The molecule has 0 bridgehead atoms. The number of ether oxygens (including phenoxy) is 1. The summed E-state index contributed by atoms with van der Waals surface area (Å²) >= 11 is 12.1. The zero-order chi connectivity index (χ0) is 20.7. The van der Waals surface area contributed by atoms with E-state index in [0.717, 1.165) is 12.0 Å². The molecule has 0 heterocycles. The predicted octanol–water partition coefficient (Wildman–Crippen LogP) is 5.16. The van der Waals surface area contributed by atoms with Crippen molar-refractivity contribution in [2.45, 2.75) is 39.7 Å². The smallest absolute Gasteiger partial charge is 0.310 e. The van der Waals surface area contributed by atoms with Crippen molar-refractivity contribution in [1.29, 1.82) is 0 Å². The van der Waals surface area contributed by atoms with Gasteiger partial charge >= 0.3 is 5.97 Å². The highest BCUT2D eigenvalue weighted by atomic mass is 35.5. The Balaban J connectivity index is 1.82. The first-order valence-corrected chi connectivity index (χ1v) is 9.98. The number of hydrogen-bond acceptors (Lipinski definition) is 3. The molecule has 2 rings (SSSR count). The average molecular weight is 422 g/mol. The van der Waals surface area contributed by atoms with Crippen LogP contribution in [0.4, 0.5) is 0 Å². The van der Waals surface area contributed by atoms with Gasteiger partial charge in [-0.1, -0.05) is 67.4 Å². The lowest BCUT2D eigenvalue weighted by Crippen LogP contribution is -2.31. The van der Waals surface area contributed by atoms with Gasteiger partial charge in [-0.25, -0.2) is 0 Å². The Morgan fingerprint density at radius 2 is 1.61 bits per heavy atom. The zero-order valence-electron chi connectivity index (χ0n) is 16.3. The first-order chi connectivity index (χ1) is 13.3. The fourth-order valence-electron chi connectivity index (χ4n) is 2.82. The van der Waals surface area contributed by atoms with Gasteiger partial charge in [-0.05, 0) is 42.5 Å². The summed E-state index contributed by atoms with van der Waals surface area (Å²) in [5.41, 5.74) is 2.76. The second kappa shape index (κ2) is 10.5. The van der Waals surface area contributed by atoms with Crippen LogP contribution in [0.5, 0.6) is 0 Å². The molecule has 28 heavy (non-hydrogen) atoms. The monoisotopic (exact) mass is 421 g/mol. The SMILES string of the molecule is CC(C)Cc1ccc([C@H](C)NC(=O)COC(=O)Cc2c(Cl)cccc2Cl)cc1. The van der Waals surface area contributed by atoms with E-state index in [-0.39, 0.29) is 25.0 Å². The first kappa shape index (κ1) is 22.3. The van der Waals surface area contributed by atoms with Crippen LogP contribution in [-0.4, -0.2) is 18.5 Å². The highest BCUT2D eigenvalue weighted by Crippen LogP contribution is 2.24. The van der Waals surface area contributed by atoms with E-state index in [1.54, 1.807) is 18.2 Å². The van der Waals surface area contributed by atoms with Gasteiger partial charge in [0, 0.05) is 15.6 Å². The molecule has 0 fully saturated rings. The molecule has 1 N–H and O–H groups in total. The summed E-state index contributed by atoms with van der Waals surface area (Å²) in [5.74, 6) is -0.327. The minimum atomic E-state index is -0.559. The minimum Gasteiger partial charge on any atom is -0.455 e. The molecule has 0 saturated heterocycles. The number of carbonyl (C=O) groups is 2. The van der Waals surface area contributed by atoms with Crippen molar-refractivity contribution in [2.75, 3.05) is 6.61 Å². The molecular formula is C22H25Cl2NO3. The van der Waals surface area contributed by atoms with Crippen molar-refractivity contribution < 1.29 is 14.3 Å². The number of rotatable bonds is 8. The standard InChI is InChI=1S/C22H25Cl2NO3/c1-14(2)11-16-7-9-17(10-8-16)15(3)25-21(26)13-28-22(27)12-18-19(23)5-4-6-20(18)24/h4-10,14-15H,11-13H2,1-3H3,(H,25,26)/t15-/m0/s1. The highest BCUT2D eigenvalue weighted by Gasteiger charge is 2.15. The van der Waals surface area contributed by atoms with Gasteiger partial charge in [0.15, 0.2) is 6.61 Å². The van der Waals surface area contributed by atoms with Gasteiger partial charge in [0.2, 0.25) is 0 Å². The topological polar surface area (TPSA) is 55.4 Å². The molecule has 6 heteroatoms. The summed E-state index contributed by atoms with van der Waals surface area (Å²) in [6.07, 6.45) is 0.936. The van der Waals surface area contributed by atoms with Gasteiger partial charge in [-0.15, -0.1) is 0 Å². The zero-order valence-corrected chi connectivity index (χ0v) is 17.8. The second-order valence-electron chi connectivity index (χ2n) is 7.17.